The number of aliphatic hydroxyl groups is 2. The van der Waals surface area contributed by atoms with Gasteiger partial charge in [-0.1, -0.05) is 23.9 Å². The molecule has 2 atom stereocenters. The average Bonchev–Trinajstić information content (AvgIpc) is 2.73. The minimum absolute atomic E-state index is 0.0600. The zero-order valence-electron chi connectivity index (χ0n) is 11.3. The highest BCUT2D eigenvalue weighted by Crippen LogP contribution is 2.33. The summed E-state index contributed by atoms with van der Waals surface area (Å²) in [7, 11) is 0. The largest absolute Gasteiger partial charge is 0.390 e. The van der Waals surface area contributed by atoms with Gasteiger partial charge in [0.15, 0.2) is 5.12 Å². The summed E-state index contributed by atoms with van der Waals surface area (Å²) in [5, 5.41) is 22.5. The number of anilines is 1. The lowest BCUT2D eigenvalue weighted by atomic mass is 9.98. The van der Waals surface area contributed by atoms with E-state index in [1.54, 1.807) is 12.1 Å². The van der Waals surface area contributed by atoms with Crippen molar-refractivity contribution >= 4 is 34.3 Å². The number of carbonyl (C=O) groups is 3. The van der Waals surface area contributed by atoms with Gasteiger partial charge in [0.05, 0.1) is 17.4 Å². The maximum absolute atomic E-state index is 11.6. The molecule has 1 aromatic carbocycles. The molecule has 7 heteroatoms. The second-order valence-electron chi connectivity index (χ2n) is 4.69. The molecular weight excluding hydrogens is 294 g/mol. The van der Waals surface area contributed by atoms with Gasteiger partial charge >= 0.3 is 0 Å². The van der Waals surface area contributed by atoms with Crippen molar-refractivity contribution in [3.05, 3.63) is 29.3 Å². The van der Waals surface area contributed by atoms with Crippen molar-refractivity contribution in [1.29, 1.82) is 0 Å². The number of aliphatic hydroxyl groups excluding tert-OH is 2. The summed E-state index contributed by atoms with van der Waals surface area (Å²) in [6.45, 7) is 1.43. The van der Waals surface area contributed by atoms with Crippen LogP contribution in [-0.4, -0.2) is 38.9 Å². The Balaban J connectivity index is 2.14. The minimum Gasteiger partial charge on any atom is -0.390 e. The van der Waals surface area contributed by atoms with E-state index in [0.717, 1.165) is 11.8 Å². The van der Waals surface area contributed by atoms with E-state index >= 15 is 0 Å². The van der Waals surface area contributed by atoms with E-state index in [1.807, 2.05) is 0 Å². The monoisotopic (exact) mass is 309 g/mol. The van der Waals surface area contributed by atoms with Crippen molar-refractivity contribution in [2.45, 2.75) is 25.6 Å². The zero-order valence-corrected chi connectivity index (χ0v) is 12.1. The van der Waals surface area contributed by atoms with Crippen molar-refractivity contribution in [2.24, 2.45) is 0 Å². The first-order valence-corrected chi connectivity index (χ1v) is 7.38. The fourth-order valence-corrected chi connectivity index (χ4v) is 2.77. The molecule has 0 spiro atoms. The molecule has 0 saturated carbocycles. The quantitative estimate of drug-likeness (QED) is 0.698. The molecule has 0 aromatic heterocycles. The van der Waals surface area contributed by atoms with Gasteiger partial charge in [-0.15, -0.1) is 0 Å². The number of benzene rings is 1. The summed E-state index contributed by atoms with van der Waals surface area (Å²) in [5.41, 5.74) is 0.743. The third-order valence-corrected chi connectivity index (χ3v) is 4.03. The normalized spacial score (nSPS) is 16.3. The van der Waals surface area contributed by atoms with Gasteiger partial charge in [0.2, 0.25) is 0 Å². The Hall–Kier alpha value is -1.70. The molecule has 21 heavy (non-hydrogen) atoms. The van der Waals surface area contributed by atoms with Crippen molar-refractivity contribution in [3.63, 3.8) is 0 Å². The van der Waals surface area contributed by atoms with Crippen LogP contribution in [0.3, 0.4) is 0 Å². The number of hydrogen-bond acceptors (Lipinski definition) is 6. The van der Waals surface area contributed by atoms with Gasteiger partial charge in [-0.05, 0) is 12.5 Å². The van der Waals surface area contributed by atoms with Gasteiger partial charge in [-0.2, -0.15) is 0 Å². The molecule has 1 aromatic rings. The van der Waals surface area contributed by atoms with Crippen LogP contribution in [0.4, 0.5) is 5.69 Å². The fraction of sp³-hybridized carbons (Fsp3) is 0.357. The summed E-state index contributed by atoms with van der Waals surface area (Å²) >= 11 is 1.06. The van der Waals surface area contributed by atoms with Crippen LogP contribution in [0.25, 0.3) is 0 Å². The van der Waals surface area contributed by atoms with E-state index in [0.29, 0.717) is 11.3 Å². The average molecular weight is 309 g/mol. The Morgan fingerprint density at radius 3 is 2.71 bits per heavy atom. The molecule has 3 N–H and O–H groups in total. The van der Waals surface area contributed by atoms with Gasteiger partial charge in [0.25, 0.3) is 11.7 Å². The molecule has 0 fully saturated rings. The molecular formula is C14H15NO5S. The van der Waals surface area contributed by atoms with Crippen LogP contribution in [0.5, 0.6) is 0 Å². The Kier molecular flexibility index (Phi) is 4.76. The van der Waals surface area contributed by atoms with Crippen LogP contribution < -0.4 is 5.32 Å². The van der Waals surface area contributed by atoms with E-state index < -0.39 is 23.9 Å². The zero-order chi connectivity index (χ0) is 15.6. The molecule has 1 aliphatic rings. The molecule has 2 unspecified atom stereocenters. The number of Topliss-reactive ketones (excluding diaryl/α,β-unsaturated/α-hetero) is 1. The van der Waals surface area contributed by atoms with Crippen LogP contribution in [0.2, 0.25) is 0 Å². The molecule has 0 radical (unpaired) electrons. The number of fused-ring (bicyclic) bond motifs is 1. The summed E-state index contributed by atoms with van der Waals surface area (Å²) in [5.74, 6) is -1.01. The van der Waals surface area contributed by atoms with Crippen LogP contribution >= 0.6 is 11.8 Å². The summed E-state index contributed by atoms with van der Waals surface area (Å²) in [6, 6.07) is 4.58. The number of rotatable bonds is 5. The topological polar surface area (TPSA) is 104 Å². The molecule has 0 saturated heterocycles. The van der Waals surface area contributed by atoms with E-state index in [4.69, 9.17) is 0 Å². The maximum Gasteiger partial charge on any atom is 0.296 e. The van der Waals surface area contributed by atoms with Crippen LogP contribution in [0.1, 0.15) is 35.4 Å². The van der Waals surface area contributed by atoms with Crippen LogP contribution in [-0.2, 0) is 9.59 Å². The maximum atomic E-state index is 11.6. The molecule has 2 rings (SSSR count). The van der Waals surface area contributed by atoms with Crippen molar-refractivity contribution in [1.82, 2.24) is 0 Å². The Morgan fingerprint density at radius 1 is 1.33 bits per heavy atom. The number of thioether (sulfide) groups is 1. The molecule has 1 aliphatic heterocycles. The SMILES string of the molecule is CC(=O)SCCC(O)C(O)c1cccc2c1NC(=O)C2=O. The van der Waals surface area contributed by atoms with Crippen LogP contribution in [0.15, 0.2) is 18.2 Å². The Labute approximate surface area is 125 Å². The fourth-order valence-electron chi connectivity index (χ4n) is 2.13. The highest BCUT2D eigenvalue weighted by atomic mass is 32.2. The third-order valence-electron chi connectivity index (χ3n) is 3.19. The van der Waals surface area contributed by atoms with Crippen molar-refractivity contribution in [2.75, 3.05) is 11.1 Å². The Bertz CT molecular complexity index is 601. The highest BCUT2D eigenvalue weighted by Gasteiger charge is 2.32. The number of hydrogen-bond donors (Lipinski definition) is 3. The standard InChI is InChI=1S/C14H15NO5S/c1-7(16)21-6-5-10(17)12(18)8-3-2-4-9-11(8)15-14(20)13(9)19/h2-4,10,12,17-18H,5-6H2,1H3,(H,15,19,20). The molecule has 0 bridgehead atoms. The van der Waals surface area contributed by atoms with Gasteiger partial charge < -0.3 is 15.5 Å². The first-order chi connectivity index (χ1) is 9.91. The number of amides is 1. The van der Waals surface area contributed by atoms with E-state index in [1.165, 1.54) is 13.0 Å². The smallest absolute Gasteiger partial charge is 0.296 e. The van der Waals surface area contributed by atoms with Gasteiger partial charge in [0.1, 0.15) is 6.10 Å². The first-order valence-electron chi connectivity index (χ1n) is 6.40. The molecule has 1 amide bonds. The second kappa shape index (κ2) is 6.38. The summed E-state index contributed by atoms with van der Waals surface area (Å²) in [6.07, 6.45) is -2.11. The van der Waals surface area contributed by atoms with Gasteiger partial charge in [-0.3, -0.25) is 14.4 Å². The predicted molar refractivity (Wildman–Crippen MR) is 78.1 cm³/mol. The third kappa shape index (κ3) is 3.31. The van der Waals surface area contributed by atoms with E-state index in [2.05, 4.69) is 5.32 Å². The van der Waals surface area contributed by atoms with Crippen molar-refractivity contribution in [3.8, 4) is 0 Å². The van der Waals surface area contributed by atoms with Gasteiger partial charge in [-0.25, -0.2) is 0 Å². The first kappa shape index (κ1) is 15.7. The van der Waals surface area contributed by atoms with Crippen LogP contribution in [0, 0.1) is 0 Å². The lowest BCUT2D eigenvalue weighted by Crippen LogP contribution is -2.20. The molecule has 1 heterocycles. The summed E-state index contributed by atoms with van der Waals surface area (Å²) in [4.78, 5) is 33.8. The number of carbonyl (C=O) groups excluding carboxylic acids is 3. The molecule has 112 valence electrons. The second-order valence-corrected chi connectivity index (χ2v) is 5.97. The summed E-state index contributed by atoms with van der Waals surface area (Å²) < 4.78 is 0. The van der Waals surface area contributed by atoms with E-state index in [9.17, 15) is 24.6 Å². The number of para-hydroxylation sites is 1. The lowest BCUT2D eigenvalue weighted by molar-refractivity contribution is -0.112. The predicted octanol–water partition coefficient (Wildman–Crippen LogP) is 0.885. The lowest BCUT2D eigenvalue weighted by Gasteiger charge is -2.20. The van der Waals surface area contributed by atoms with Gasteiger partial charge in [0, 0.05) is 18.2 Å². The molecule has 0 aliphatic carbocycles. The highest BCUT2D eigenvalue weighted by molar-refractivity contribution is 8.13. The minimum atomic E-state index is -1.24. The Morgan fingerprint density at radius 2 is 2.05 bits per heavy atom. The van der Waals surface area contributed by atoms with E-state index in [-0.39, 0.29) is 22.8 Å². The number of ketones is 1. The molecule has 6 nitrogen and oxygen atoms in total. The van der Waals surface area contributed by atoms with Crippen molar-refractivity contribution < 1.29 is 24.6 Å². The number of nitrogens with one attached hydrogen (secondary N) is 1.